The van der Waals surface area contributed by atoms with E-state index in [-0.39, 0.29) is 29.0 Å². The van der Waals surface area contributed by atoms with Gasteiger partial charge in [0.1, 0.15) is 17.3 Å². The normalized spacial score (nSPS) is 45.6. The summed E-state index contributed by atoms with van der Waals surface area (Å²) in [6, 6.07) is 0. The van der Waals surface area contributed by atoms with E-state index in [4.69, 9.17) is 14.2 Å². The van der Waals surface area contributed by atoms with Gasteiger partial charge in [-0.3, -0.25) is 4.79 Å². The van der Waals surface area contributed by atoms with Gasteiger partial charge >= 0.3 is 0 Å². The van der Waals surface area contributed by atoms with Gasteiger partial charge in [0.15, 0.2) is 5.78 Å². The van der Waals surface area contributed by atoms with E-state index in [1.54, 1.807) is 13.2 Å². The number of carbonyl (C=O) groups is 1. The van der Waals surface area contributed by atoms with E-state index < -0.39 is 6.10 Å². The van der Waals surface area contributed by atoms with Crippen LogP contribution in [0.2, 0.25) is 0 Å². The maximum Gasteiger partial charge on any atom is 0.184 e. The smallest absolute Gasteiger partial charge is 0.184 e. The number of rotatable bonds is 4. The van der Waals surface area contributed by atoms with E-state index in [0.717, 1.165) is 6.42 Å². The molecule has 3 aliphatic rings. The van der Waals surface area contributed by atoms with E-state index in [9.17, 15) is 4.79 Å². The van der Waals surface area contributed by atoms with Crippen molar-refractivity contribution in [1.29, 1.82) is 0 Å². The highest BCUT2D eigenvalue weighted by atomic mass is 16.6. The highest BCUT2D eigenvalue weighted by Gasteiger charge is 2.70. The molecule has 4 heteroatoms. The zero-order valence-electron chi connectivity index (χ0n) is 12.5. The van der Waals surface area contributed by atoms with Gasteiger partial charge in [-0.1, -0.05) is 11.6 Å². The molecule has 5 atom stereocenters. The Morgan fingerprint density at radius 1 is 1.55 bits per heavy atom. The maximum absolute atomic E-state index is 12.1. The van der Waals surface area contributed by atoms with Gasteiger partial charge in [0.25, 0.3) is 0 Å². The van der Waals surface area contributed by atoms with Gasteiger partial charge in [-0.15, -0.1) is 0 Å². The Hall–Kier alpha value is -0.970. The maximum atomic E-state index is 12.1. The minimum absolute atomic E-state index is 0.0105. The highest BCUT2D eigenvalue weighted by molar-refractivity contribution is 5.95. The Bertz CT molecular complexity index is 485. The third-order valence-corrected chi connectivity index (χ3v) is 4.71. The van der Waals surface area contributed by atoms with Crippen LogP contribution in [-0.2, 0) is 19.0 Å². The largest absolute Gasteiger partial charge is 0.373 e. The van der Waals surface area contributed by atoms with Crippen LogP contribution in [0.15, 0.2) is 23.8 Å². The number of methoxy groups -OCH3 is 1. The van der Waals surface area contributed by atoms with Gasteiger partial charge < -0.3 is 14.2 Å². The molecule has 20 heavy (non-hydrogen) atoms. The van der Waals surface area contributed by atoms with Gasteiger partial charge in [-0.05, 0) is 39.3 Å². The summed E-state index contributed by atoms with van der Waals surface area (Å²) in [4.78, 5) is 12.1. The summed E-state index contributed by atoms with van der Waals surface area (Å²) in [6.07, 6.45) is 6.21. The second kappa shape index (κ2) is 4.52. The molecule has 2 heterocycles. The van der Waals surface area contributed by atoms with Gasteiger partial charge in [0, 0.05) is 7.11 Å². The fourth-order valence-electron chi connectivity index (χ4n) is 3.41. The average Bonchev–Trinajstić information content (AvgIpc) is 3.29. The lowest BCUT2D eigenvalue weighted by molar-refractivity contribution is -0.132. The van der Waals surface area contributed by atoms with E-state index in [2.05, 4.69) is 26.8 Å². The molecule has 0 aromatic heterocycles. The molecule has 110 valence electrons. The second-order valence-corrected chi connectivity index (χ2v) is 6.42. The Kier molecular flexibility index (Phi) is 3.16. The van der Waals surface area contributed by atoms with E-state index >= 15 is 0 Å². The van der Waals surface area contributed by atoms with Crippen molar-refractivity contribution in [1.82, 2.24) is 0 Å². The van der Waals surface area contributed by atoms with Crippen LogP contribution in [0, 0.1) is 5.92 Å². The van der Waals surface area contributed by atoms with Crippen LogP contribution in [0.1, 0.15) is 27.2 Å². The Morgan fingerprint density at radius 3 is 2.80 bits per heavy atom. The summed E-state index contributed by atoms with van der Waals surface area (Å²) < 4.78 is 17.1. The number of hydrogen-bond donors (Lipinski definition) is 0. The lowest BCUT2D eigenvalue weighted by Crippen LogP contribution is -2.50. The van der Waals surface area contributed by atoms with Crippen LogP contribution in [0.5, 0.6) is 0 Å². The molecule has 3 rings (SSSR count). The minimum Gasteiger partial charge on any atom is -0.373 e. The number of epoxide rings is 2. The van der Waals surface area contributed by atoms with Crippen LogP contribution < -0.4 is 0 Å². The zero-order valence-corrected chi connectivity index (χ0v) is 12.5. The molecule has 0 saturated carbocycles. The number of carbonyl (C=O) groups excluding carboxylic acids is 1. The zero-order chi connectivity index (χ0) is 14.5. The molecule has 0 aromatic carbocycles. The minimum atomic E-state index is -0.468. The first-order valence-corrected chi connectivity index (χ1v) is 7.14. The van der Waals surface area contributed by atoms with Crippen LogP contribution in [-0.4, -0.2) is 42.9 Å². The van der Waals surface area contributed by atoms with Crippen molar-refractivity contribution in [3.05, 3.63) is 23.8 Å². The van der Waals surface area contributed by atoms with Crippen molar-refractivity contribution in [2.75, 3.05) is 13.7 Å². The van der Waals surface area contributed by atoms with Gasteiger partial charge in [-0.2, -0.15) is 0 Å². The summed E-state index contributed by atoms with van der Waals surface area (Å²) in [5, 5.41) is 0. The molecule has 1 aliphatic carbocycles. The van der Waals surface area contributed by atoms with Crippen LogP contribution in [0.4, 0.5) is 0 Å². The Morgan fingerprint density at radius 2 is 2.25 bits per heavy atom. The Labute approximate surface area is 119 Å². The molecular formula is C16H22O4. The fraction of sp³-hybridized carbons (Fsp3) is 0.688. The quantitative estimate of drug-likeness (QED) is 0.583. The van der Waals surface area contributed by atoms with Gasteiger partial charge in [-0.25, -0.2) is 0 Å². The second-order valence-electron chi connectivity index (χ2n) is 6.42. The average molecular weight is 278 g/mol. The monoisotopic (exact) mass is 278 g/mol. The van der Waals surface area contributed by atoms with Crippen molar-refractivity contribution >= 4 is 5.78 Å². The Balaban J connectivity index is 1.83. The number of ether oxygens (including phenoxy) is 3. The SMILES string of the molecule is CO[C@@H]1C(=O)C=C[C@]2(CO2)[C@H]1[C@@]1(C)O[C@@H]1CC=C(C)C. The summed E-state index contributed by atoms with van der Waals surface area (Å²) in [5.74, 6) is -0.0515. The molecule has 2 aliphatic heterocycles. The molecule has 0 aromatic rings. The van der Waals surface area contributed by atoms with Gasteiger partial charge in [0.2, 0.25) is 0 Å². The van der Waals surface area contributed by atoms with E-state index in [1.807, 2.05) is 6.08 Å². The fourth-order valence-corrected chi connectivity index (χ4v) is 3.41. The first kappa shape index (κ1) is 14.0. The molecule has 1 spiro atoms. The van der Waals surface area contributed by atoms with Crippen LogP contribution >= 0.6 is 0 Å². The van der Waals surface area contributed by atoms with Crippen molar-refractivity contribution in [2.24, 2.45) is 5.92 Å². The van der Waals surface area contributed by atoms with E-state index in [1.165, 1.54) is 5.57 Å². The summed E-state index contributed by atoms with van der Waals surface area (Å²) >= 11 is 0. The molecule has 0 amide bonds. The van der Waals surface area contributed by atoms with Crippen molar-refractivity contribution < 1.29 is 19.0 Å². The third-order valence-electron chi connectivity index (χ3n) is 4.71. The molecule has 0 bridgehead atoms. The predicted octanol–water partition coefficient (Wildman–Crippen LogP) is 2.04. The topological polar surface area (TPSA) is 51.4 Å². The van der Waals surface area contributed by atoms with Crippen molar-refractivity contribution in [3.8, 4) is 0 Å². The first-order chi connectivity index (χ1) is 9.43. The molecule has 0 N–H and O–H groups in total. The molecule has 0 unspecified atom stereocenters. The van der Waals surface area contributed by atoms with Crippen molar-refractivity contribution in [3.63, 3.8) is 0 Å². The lowest BCUT2D eigenvalue weighted by Gasteiger charge is -2.34. The standard InChI is InChI=1S/C16H22O4/c1-10(2)5-6-12-15(3,20-12)14-13(18-4)11(17)7-8-16(14)9-19-16/h5,7-8,12-14H,6,9H2,1-4H3/t12-,13-,14-,15+,16+/m1/s1. The third kappa shape index (κ3) is 2.07. The molecule has 2 fully saturated rings. The van der Waals surface area contributed by atoms with Crippen LogP contribution in [0.25, 0.3) is 0 Å². The van der Waals surface area contributed by atoms with Crippen molar-refractivity contribution in [2.45, 2.75) is 50.6 Å². The summed E-state index contributed by atoms with van der Waals surface area (Å²) in [6.45, 7) is 6.88. The summed E-state index contributed by atoms with van der Waals surface area (Å²) in [5.41, 5.74) is 0.579. The van der Waals surface area contributed by atoms with E-state index in [0.29, 0.717) is 6.61 Å². The molecular weight excluding hydrogens is 256 g/mol. The van der Waals surface area contributed by atoms with Gasteiger partial charge in [0.05, 0.1) is 18.6 Å². The number of hydrogen-bond acceptors (Lipinski definition) is 4. The molecule has 4 nitrogen and oxygen atoms in total. The number of ketones is 1. The lowest BCUT2D eigenvalue weighted by atomic mass is 9.72. The highest BCUT2D eigenvalue weighted by Crippen LogP contribution is 2.57. The predicted molar refractivity (Wildman–Crippen MR) is 74.4 cm³/mol. The number of allylic oxidation sites excluding steroid dienone is 1. The first-order valence-electron chi connectivity index (χ1n) is 7.14. The van der Waals surface area contributed by atoms with Crippen LogP contribution in [0.3, 0.4) is 0 Å². The summed E-state index contributed by atoms with van der Waals surface area (Å²) in [7, 11) is 1.58. The molecule has 2 saturated heterocycles. The molecule has 0 radical (unpaired) electrons.